The Morgan fingerprint density at radius 1 is 0.966 bits per heavy atom. The van der Waals surface area contributed by atoms with Gasteiger partial charge in [-0.15, -0.1) is 0 Å². The van der Waals surface area contributed by atoms with Crippen LogP contribution in [0.3, 0.4) is 0 Å². The summed E-state index contributed by atoms with van der Waals surface area (Å²) in [6.07, 6.45) is 6.27. The molecule has 146 valence electrons. The number of nitrogens with zero attached hydrogens (tertiary/aromatic N) is 5. The van der Waals surface area contributed by atoms with Gasteiger partial charge in [-0.1, -0.05) is 23.5 Å². The van der Waals surface area contributed by atoms with Gasteiger partial charge in [0, 0.05) is 50.5 Å². The Hall–Kier alpha value is -3.19. The van der Waals surface area contributed by atoms with E-state index in [4.69, 9.17) is 0 Å². The zero-order chi connectivity index (χ0) is 19.6. The molecule has 0 spiro atoms. The Kier molecular flexibility index (Phi) is 4.73. The van der Waals surface area contributed by atoms with Gasteiger partial charge in [-0.25, -0.2) is 9.97 Å². The first-order valence-electron chi connectivity index (χ1n) is 9.73. The highest BCUT2D eigenvalue weighted by Crippen LogP contribution is 2.27. The van der Waals surface area contributed by atoms with Gasteiger partial charge in [0.15, 0.2) is 5.13 Å². The molecule has 0 radical (unpaired) electrons. The van der Waals surface area contributed by atoms with Crippen molar-refractivity contribution in [2.75, 3.05) is 31.1 Å². The molecule has 0 saturated carbocycles. The molecule has 0 unspecified atom stereocenters. The lowest BCUT2D eigenvalue weighted by molar-refractivity contribution is -0.130. The number of aromatic nitrogens is 3. The van der Waals surface area contributed by atoms with Crippen LogP contribution in [0.15, 0.2) is 67.1 Å². The number of hydrogen-bond donors (Lipinski definition) is 0. The van der Waals surface area contributed by atoms with Gasteiger partial charge < -0.3 is 14.4 Å². The summed E-state index contributed by atoms with van der Waals surface area (Å²) in [6.45, 7) is 3.06. The predicted octanol–water partition coefficient (Wildman–Crippen LogP) is 3.37. The lowest BCUT2D eigenvalue weighted by atomic mass is 10.1. The van der Waals surface area contributed by atoms with Crippen molar-refractivity contribution in [1.82, 2.24) is 19.4 Å². The van der Waals surface area contributed by atoms with E-state index < -0.39 is 0 Å². The highest BCUT2D eigenvalue weighted by molar-refractivity contribution is 7.21. The van der Waals surface area contributed by atoms with Gasteiger partial charge in [-0.05, 0) is 42.0 Å². The number of thiazole rings is 1. The van der Waals surface area contributed by atoms with Crippen LogP contribution in [0.4, 0.5) is 5.13 Å². The standard InChI is InChI=1S/C22H21N5OS/c28-20(16-17-5-7-18(8-6-17)25-10-1-2-11-25)26-12-14-27(15-13-26)22-24-19-4-3-9-23-21(19)29-22/h1-11H,12-16H2. The summed E-state index contributed by atoms with van der Waals surface area (Å²) in [5.41, 5.74) is 3.09. The van der Waals surface area contributed by atoms with Gasteiger partial charge >= 0.3 is 0 Å². The second-order valence-electron chi connectivity index (χ2n) is 7.13. The molecule has 1 aromatic carbocycles. The van der Waals surface area contributed by atoms with Crippen molar-refractivity contribution >= 4 is 32.7 Å². The largest absolute Gasteiger partial charge is 0.344 e. The number of pyridine rings is 1. The summed E-state index contributed by atoms with van der Waals surface area (Å²) in [5, 5.41) is 0.992. The van der Waals surface area contributed by atoms with Crippen molar-refractivity contribution in [1.29, 1.82) is 0 Å². The molecule has 6 nitrogen and oxygen atoms in total. The molecule has 0 N–H and O–H groups in total. The van der Waals surface area contributed by atoms with Crippen LogP contribution >= 0.6 is 11.3 Å². The van der Waals surface area contributed by atoms with Crippen LogP contribution in [-0.2, 0) is 11.2 Å². The molecule has 1 aliphatic rings. The lowest BCUT2D eigenvalue weighted by Crippen LogP contribution is -2.49. The highest BCUT2D eigenvalue weighted by Gasteiger charge is 2.23. The molecule has 5 rings (SSSR count). The Morgan fingerprint density at radius 2 is 1.72 bits per heavy atom. The maximum Gasteiger partial charge on any atom is 0.227 e. The fraction of sp³-hybridized carbons (Fsp3) is 0.227. The first kappa shape index (κ1) is 17.9. The Morgan fingerprint density at radius 3 is 2.45 bits per heavy atom. The number of anilines is 1. The van der Waals surface area contributed by atoms with Crippen LogP contribution in [0.25, 0.3) is 16.0 Å². The van der Waals surface area contributed by atoms with Crippen molar-refractivity contribution in [3.05, 3.63) is 72.7 Å². The third-order valence-electron chi connectivity index (χ3n) is 5.25. The molecule has 1 saturated heterocycles. The normalized spacial score (nSPS) is 14.5. The van der Waals surface area contributed by atoms with Crippen LogP contribution in [0.5, 0.6) is 0 Å². The van der Waals surface area contributed by atoms with Gasteiger partial charge in [-0.2, -0.15) is 0 Å². The van der Waals surface area contributed by atoms with Crippen molar-refractivity contribution in [3.8, 4) is 5.69 Å². The molecular formula is C22H21N5OS. The van der Waals surface area contributed by atoms with Crippen molar-refractivity contribution < 1.29 is 4.79 Å². The highest BCUT2D eigenvalue weighted by atomic mass is 32.1. The van der Waals surface area contributed by atoms with Crippen LogP contribution in [0.2, 0.25) is 0 Å². The molecule has 0 aliphatic carbocycles. The zero-order valence-electron chi connectivity index (χ0n) is 15.9. The van der Waals surface area contributed by atoms with Gasteiger partial charge in [0.1, 0.15) is 10.3 Å². The van der Waals surface area contributed by atoms with Gasteiger partial charge in [-0.3, -0.25) is 4.79 Å². The third kappa shape index (κ3) is 3.73. The van der Waals surface area contributed by atoms with E-state index in [1.165, 1.54) is 0 Å². The predicted molar refractivity (Wildman–Crippen MR) is 116 cm³/mol. The molecule has 7 heteroatoms. The molecule has 1 fully saturated rings. The minimum atomic E-state index is 0.185. The number of benzene rings is 1. The topological polar surface area (TPSA) is 54.3 Å². The fourth-order valence-corrected chi connectivity index (χ4v) is 4.58. The Balaban J connectivity index is 1.19. The van der Waals surface area contributed by atoms with E-state index in [2.05, 4.69) is 31.6 Å². The summed E-state index contributed by atoms with van der Waals surface area (Å²) in [4.78, 5) is 27.0. The molecule has 4 heterocycles. The van der Waals surface area contributed by atoms with Crippen LogP contribution in [0.1, 0.15) is 5.56 Å². The molecule has 29 heavy (non-hydrogen) atoms. The van der Waals surface area contributed by atoms with Gasteiger partial charge in [0.2, 0.25) is 5.91 Å². The van der Waals surface area contributed by atoms with Crippen LogP contribution < -0.4 is 4.90 Å². The first-order valence-corrected chi connectivity index (χ1v) is 10.5. The van der Waals surface area contributed by atoms with Crippen molar-refractivity contribution in [3.63, 3.8) is 0 Å². The number of fused-ring (bicyclic) bond motifs is 1. The Labute approximate surface area is 173 Å². The lowest BCUT2D eigenvalue weighted by Gasteiger charge is -2.34. The summed E-state index contributed by atoms with van der Waals surface area (Å²) in [5.74, 6) is 0.185. The monoisotopic (exact) mass is 403 g/mol. The number of carbonyl (C=O) groups excluding carboxylic acids is 1. The molecule has 0 bridgehead atoms. The van der Waals surface area contributed by atoms with E-state index in [0.717, 1.165) is 52.9 Å². The maximum atomic E-state index is 12.7. The molecule has 0 atom stereocenters. The second-order valence-corrected chi connectivity index (χ2v) is 8.08. The van der Waals surface area contributed by atoms with Crippen LogP contribution in [0, 0.1) is 0 Å². The summed E-state index contributed by atoms with van der Waals surface area (Å²) in [6, 6.07) is 16.1. The van der Waals surface area contributed by atoms with Gasteiger partial charge in [0.25, 0.3) is 0 Å². The summed E-state index contributed by atoms with van der Waals surface area (Å²) in [7, 11) is 0. The van der Waals surface area contributed by atoms with E-state index in [1.54, 1.807) is 17.5 Å². The number of hydrogen-bond acceptors (Lipinski definition) is 5. The smallest absolute Gasteiger partial charge is 0.227 e. The van der Waals surface area contributed by atoms with E-state index in [9.17, 15) is 4.79 Å². The van der Waals surface area contributed by atoms with Crippen molar-refractivity contribution in [2.24, 2.45) is 0 Å². The fourth-order valence-electron chi connectivity index (χ4n) is 3.62. The van der Waals surface area contributed by atoms with E-state index in [1.807, 2.05) is 53.7 Å². The third-order valence-corrected chi connectivity index (χ3v) is 6.29. The van der Waals surface area contributed by atoms with Crippen LogP contribution in [-0.4, -0.2) is 51.5 Å². The number of carbonyl (C=O) groups is 1. The minimum absolute atomic E-state index is 0.185. The number of rotatable bonds is 4. The van der Waals surface area contributed by atoms with E-state index in [-0.39, 0.29) is 5.91 Å². The summed E-state index contributed by atoms with van der Waals surface area (Å²) >= 11 is 1.61. The molecular weight excluding hydrogens is 382 g/mol. The van der Waals surface area contributed by atoms with Crippen molar-refractivity contribution in [2.45, 2.75) is 6.42 Å². The molecule has 4 aromatic rings. The molecule has 3 aromatic heterocycles. The first-order chi connectivity index (χ1) is 14.3. The van der Waals surface area contributed by atoms with Gasteiger partial charge in [0.05, 0.1) is 6.42 Å². The van der Waals surface area contributed by atoms with E-state index >= 15 is 0 Å². The average molecular weight is 404 g/mol. The average Bonchev–Trinajstić information content (AvgIpc) is 3.44. The number of amides is 1. The maximum absolute atomic E-state index is 12.7. The SMILES string of the molecule is O=C(Cc1ccc(-n2cccc2)cc1)N1CCN(c2nc3cccnc3s2)CC1. The quantitative estimate of drug-likeness (QED) is 0.524. The molecule has 1 aliphatic heterocycles. The van der Waals surface area contributed by atoms with E-state index in [0.29, 0.717) is 6.42 Å². The molecule has 1 amide bonds. The Bertz CT molecular complexity index is 1080. The summed E-state index contributed by atoms with van der Waals surface area (Å²) < 4.78 is 2.06. The zero-order valence-corrected chi connectivity index (χ0v) is 16.8. The minimum Gasteiger partial charge on any atom is -0.344 e. The number of piperazine rings is 1. The second kappa shape index (κ2) is 7.67.